The average molecular weight is 593 g/mol. The first-order valence-corrected chi connectivity index (χ1v) is 16.7. The van der Waals surface area contributed by atoms with Crippen molar-refractivity contribution in [2.75, 3.05) is 6.61 Å². The number of fused-ring (bicyclic) bond motifs is 5. The van der Waals surface area contributed by atoms with Gasteiger partial charge in [-0.05, 0) is 111 Å². The van der Waals surface area contributed by atoms with Crippen LogP contribution in [0.3, 0.4) is 0 Å². The molecule has 4 aliphatic rings. The van der Waals surface area contributed by atoms with Crippen LogP contribution in [-0.4, -0.2) is 61.1 Å². The van der Waals surface area contributed by atoms with Crippen LogP contribution in [0.4, 0.5) is 0 Å². The predicted octanol–water partition coefficient (Wildman–Crippen LogP) is 3.88. The van der Waals surface area contributed by atoms with Crippen LogP contribution in [0.25, 0.3) is 0 Å². The van der Waals surface area contributed by atoms with Crippen LogP contribution in [0.1, 0.15) is 79.1 Å². The molecule has 3 saturated carbocycles. The van der Waals surface area contributed by atoms with Crippen LogP contribution in [0.15, 0.2) is 23.3 Å². The summed E-state index contributed by atoms with van der Waals surface area (Å²) in [5.41, 5.74) is 1.27. The molecule has 39 heavy (non-hydrogen) atoms. The zero-order valence-electron chi connectivity index (χ0n) is 23.2. The third-order valence-electron chi connectivity index (χ3n) is 10.6. The minimum atomic E-state index is -4.84. The van der Waals surface area contributed by atoms with E-state index in [0.717, 1.165) is 38.5 Å². The summed E-state index contributed by atoms with van der Waals surface area (Å²) < 4.78 is 73.5. The summed E-state index contributed by atoms with van der Waals surface area (Å²) in [6.07, 6.45) is 6.21. The quantitative estimate of drug-likeness (QED) is 0.228. The van der Waals surface area contributed by atoms with Gasteiger partial charge in [0.05, 0.1) is 12.7 Å². The molecule has 12 heteroatoms. The number of rotatable bonds is 9. The zero-order chi connectivity index (χ0) is 29.0. The molecule has 0 bridgehead atoms. The van der Waals surface area contributed by atoms with Crippen LogP contribution >= 0.6 is 0 Å². The molecule has 0 aromatic heterocycles. The van der Waals surface area contributed by atoms with Crippen molar-refractivity contribution < 1.29 is 44.5 Å². The van der Waals surface area contributed by atoms with Crippen LogP contribution in [0, 0.1) is 40.4 Å². The van der Waals surface area contributed by atoms with Crippen LogP contribution < -0.4 is 0 Å². The Morgan fingerprint density at radius 2 is 1.77 bits per heavy atom. The summed E-state index contributed by atoms with van der Waals surface area (Å²) >= 11 is 0. The molecule has 3 fully saturated rings. The molecule has 4 N–H and O–H groups in total. The highest BCUT2D eigenvalue weighted by Crippen LogP contribution is 2.67. The first kappa shape index (κ1) is 31.1. The highest BCUT2D eigenvalue weighted by molar-refractivity contribution is 7.81. The van der Waals surface area contributed by atoms with Crippen molar-refractivity contribution in [3.05, 3.63) is 23.3 Å². The first-order valence-electron chi connectivity index (χ1n) is 13.9. The van der Waals surface area contributed by atoms with E-state index >= 15 is 0 Å². The van der Waals surface area contributed by atoms with Crippen LogP contribution in [-0.2, 0) is 29.2 Å². The van der Waals surface area contributed by atoms with Gasteiger partial charge in [-0.25, -0.2) is 8.37 Å². The van der Waals surface area contributed by atoms with E-state index in [1.165, 1.54) is 5.57 Å². The molecular formula is C27H44O10S2. The largest absolute Gasteiger partial charge is 0.397 e. The molecule has 0 aliphatic heterocycles. The number of hydrogen-bond acceptors (Lipinski definition) is 8. The van der Waals surface area contributed by atoms with E-state index in [4.69, 9.17) is 8.74 Å². The Kier molecular flexibility index (Phi) is 8.84. The maximum Gasteiger partial charge on any atom is 0.397 e. The standard InChI is InChI=1S/C27H44O10S2/c1-16(2)6-5-7-17(15-36-38(30,31)32)19-10-11-20-18-8-9-22-24(29)25(37-39(33,34)35)23(28)14-27(22,4)21(18)12-13-26(19,20)3/h6,9,17-21,23-25,28-29H,5,7-8,10-15H2,1-4H3,(H,30,31,32)(H,33,34,35)/t17-,18-,19+,20-,21-,23+,24+,25+,26+,27+/m0/s1. The Morgan fingerprint density at radius 1 is 1.08 bits per heavy atom. The third kappa shape index (κ3) is 6.33. The van der Waals surface area contributed by atoms with Crippen LogP contribution in [0.5, 0.6) is 0 Å². The fourth-order valence-corrected chi connectivity index (χ4v) is 9.88. The van der Waals surface area contributed by atoms with Gasteiger partial charge in [-0.2, -0.15) is 16.8 Å². The lowest BCUT2D eigenvalue weighted by Crippen LogP contribution is -2.58. The first-order chi connectivity index (χ1) is 18.0. The van der Waals surface area contributed by atoms with Gasteiger partial charge in [0.25, 0.3) is 0 Å². The van der Waals surface area contributed by atoms with Gasteiger partial charge in [-0.15, -0.1) is 0 Å². The summed E-state index contributed by atoms with van der Waals surface area (Å²) in [4.78, 5) is 0. The molecule has 4 aliphatic carbocycles. The molecule has 224 valence electrons. The lowest BCUT2D eigenvalue weighted by atomic mass is 9.46. The lowest BCUT2D eigenvalue weighted by Gasteiger charge is -2.59. The van der Waals surface area contributed by atoms with E-state index in [2.05, 4.69) is 17.2 Å². The van der Waals surface area contributed by atoms with E-state index < -0.39 is 44.5 Å². The average Bonchev–Trinajstić information content (AvgIpc) is 3.14. The highest BCUT2D eigenvalue weighted by Gasteiger charge is 2.62. The van der Waals surface area contributed by atoms with Gasteiger partial charge in [-0.1, -0.05) is 31.6 Å². The number of hydrogen-bond donors (Lipinski definition) is 4. The molecule has 0 aromatic rings. The van der Waals surface area contributed by atoms with E-state index in [9.17, 15) is 31.6 Å². The van der Waals surface area contributed by atoms with Gasteiger partial charge >= 0.3 is 20.8 Å². The Balaban J connectivity index is 1.58. The van der Waals surface area contributed by atoms with E-state index in [-0.39, 0.29) is 36.2 Å². The second-order valence-corrected chi connectivity index (χ2v) is 15.1. The predicted molar refractivity (Wildman–Crippen MR) is 144 cm³/mol. The van der Waals surface area contributed by atoms with Gasteiger partial charge in [0.2, 0.25) is 0 Å². The maximum atomic E-state index is 11.4. The van der Waals surface area contributed by atoms with E-state index in [1.54, 1.807) is 0 Å². The monoisotopic (exact) mass is 592 g/mol. The second kappa shape index (κ2) is 11.1. The summed E-state index contributed by atoms with van der Waals surface area (Å²) in [6.45, 7) is 8.34. The molecule has 10 atom stereocenters. The Labute approximate surface area is 232 Å². The van der Waals surface area contributed by atoms with Crippen molar-refractivity contribution in [2.24, 2.45) is 40.4 Å². The normalized spacial score (nSPS) is 41.1. The van der Waals surface area contributed by atoms with E-state index in [0.29, 0.717) is 23.8 Å². The number of allylic oxidation sites excluding steroid dienone is 3. The van der Waals surface area contributed by atoms with Gasteiger partial charge in [0.1, 0.15) is 12.2 Å². The molecular weight excluding hydrogens is 548 g/mol. The Hall–Kier alpha value is -0.860. The van der Waals surface area contributed by atoms with Crippen molar-refractivity contribution in [1.29, 1.82) is 0 Å². The Morgan fingerprint density at radius 3 is 2.38 bits per heavy atom. The molecule has 0 amide bonds. The molecule has 4 rings (SSSR count). The molecule has 10 nitrogen and oxygen atoms in total. The number of aliphatic hydroxyl groups excluding tert-OH is 2. The smallest absolute Gasteiger partial charge is 0.390 e. The van der Waals surface area contributed by atoms with Gasteiger partial charge in [-0.3, -0.25) is 9.11 Å². The van der Waals surface area contributed by atoms with Crippen molar-refractivity contribution >= 4 is 20.8 Å². The molecule has 0 unspecified atom stereocenters. The molecule has 0 saturated heterocycles. The SMILES string of the molecule is CC(C)=CCC[C@@H](COS(=O)(=O)O)[C@H]1CC[C@H]2[C@@H]3CC=C4[C@@H](O)[C@H](OS(=O)(=O)O)[C@H](O)C[C@]4(C)[C@H]3CC[C@]12C. The fourth-order valence-electron chi connectivity index (χ4n) is 9.02. The van der Waals surface area contributed by atoms with Crippen molar-refractivity contribution in [2.45, 2.75) is 97.4 Å². The van der Waals surface area contributed by atoms with Gasteiger partial charge in [0.15, 0.2) is 0 Å². The third-order valence-corrected chi connectivity index (χ3v) is 11.5. The van der Waals surface area contributed by atoms with Gasteiger partial charge < -0.3 is 10.2 Å². The minimum Gasteiger partial charge on any atom is -0.390 e. The fraction of sp³-hybridized carbons (Fsp3) is 0.852. The topological polar surface area (TPSA) is 168 Å². The minimum absolute atomic E-state index is 0.0315. The van der Waals surface area contributed by atoms with E-state index in [1.807, 2.05) is 26.8 Å². The molecule has 0 heterocycles. The summed E-state index contributed by atoms with van der Waals surface area (Å²) in [7, 11) is -9.39. The highest BCUT2D eigenvalue weighted by atomic mass is 32.3. The van der Waals surface area contributed by atoms with Crippen molar-refractivity contribution in [1.82, 2.24) is 0 Å². The Bertz CT molecular complexity index is 1190. The lowest BCUT2D eigenvalue weighted by molar-refractivity contribution is -0.119. The summed E-state index contributed by atoms with van der Waals surface area (Å²) in [6, 6.07) is 0. The van der Waals surface area contributed by atoms with Gasteiger partial charge in [0, 0.05) is 0 Å². The maximum absolute atomic E-state index is 11.4. The molecule has 0 radical (unpaired) electrons. The molecule has 0 aromatic carbocycles. The van der Waals surface area contributed by atoms with Crippen LogP contribution in [0.2, 0.25) is 0 Å². The second-order valence-electron chi connectivity index (χ2n) is 13.0. The summed E-state index contributed by atoms with van der Waals surface area (Å²) in [5.74, 6) is 1.01. The summed E-state index contributed by atoms with van der Waals surface area (Å²) in [5, 5.41) is 21.9. The van der Waals surface area contributed by atoms with Crippen molar-refractivity contribution in [3.63, 3.8) is 0 Å². The number of aliphatic hydroxyl groups is 2. The molecule has 0 spiro atoms. The zero-order valence-corrected chi connectivity index (χ0v) is 24.8. The van der Waals surface area contributed by atoms with Crippen molar-refractivity contribution in [3.8, 4) is 0 Å².